The van der Waals surface area contributed by atoms with Crippen molar-refractivity contribution in [3.05, 3.63) is 62.9 Å². The first-order chi connectivity index (χ1) is 11.1. The molecule has 0 radical (unpaired) electrons. The van der Waals surface area contributed by atoms with Gasteiger partial charge in [-0.3, -0.25) is 9.59 Å². The molecule has 0 aliphatic heterocycles. The third-order valence-corrected chi connectivity index (χ3v) is 4.02. The number of nitrogens with zero attached hydrogens (tertiary/aromatic N) is 3. The lowest BCUT2D eigenvalue weighted by molar-refractivity contribution is 0.0964. The van der Waals surface area contributed by atoms with Crippen molar-refractivity contribution in [1.82, 2.24) is 15.0 Å². The molecule has 3 rings (SSSR count). The topological polar surface area (TPSA) is 74.1 Å². The minimum Gasteiger partial charge on any atom is -0.496 e. The van der Waals surface area contributed by atoms with Crippen molar-refractivity contribution in [1.29, 1.82) is 0 Å². The number of rotatable bonds is 4. The van der Waals surface area contributed by atoms with E-state index in [0.29, 0.717) is 26.7 Å². The van der Waals surface area contributed by atoms with Gasteiger partial charge in [0.1, 0.15) is 17.8 Å². The van der Waals surface area contributed by atoms with Crippen LogP contribution >= 0.6 is 15.9 Å². The number of carbonyl (C=O) groups excluding carboxylic acids is 1. The van der Waals surface area contributed by atoms with Gasteiger partial charge in [-0.05, 0) is 46.3 Å². The maximum Gasteiger partial charge on any atom is 0.278 e. The molecule has 6 nitrogen and oxygen atoms in total. The zero-order chi connectivity index (χ0) is 16.4. The number of methoxy groups -OCH3 is 1. The molecule has 0 amide bonds. The van der Waals surface area contributed by atoms with E-state index in [1.807, 2.05) is 0 Å². The predicted octanol–water partition coefficient (Wildman–Crippen LogP) is 2.45. The summed E-state index contributed by atoms with van der Waals surface area (Å²) in [5.41, 5.74) is 0.629. The molecule has 0 spiro atoms. The van der Waals surface area contributed by atoms with E-state index in [9.17, 15) is 9.59 Å². The third-order valence-electron chi connectivity index (χ3n) is 3.40. The Balaban J connectivity index is 1.93. The van der Waals surface area contributed by atoms with E-state index < -0.39 is 0 Å². The van der Waals surface area contributed by atoms with E-state index in [0.717, 1.165) is 4.68 Å². The van der Waals surface area contributed by atoms with Crippen LogP contribution in [0.5, 0.6) is 5.75 Å². The Morgan fingerprint density at radius 2 is 2.04 bits per heavy atom. The first kappa shape index (κ1) is 15.4. The Hall–Kier alpha value is -2.54. The molecule has 1 heterocycles. The van der Waals surface area contributed by atoms with Gasteiger partial charge in [0.25, 0.3) is 5.56 Å². The molecule has 0 saturated heterocycles. The summed E-state index contributed by atoms with van der Waals surface area (Å²) in [6.07, 6.45) is 0. The standard InChI is InChI=1S/C16H12BrN3O3/c1-23-15-7-6-10(8-12(15)17)14(21)9-20-16(22)11-4-2-3-5-13(11)18-19-20/h2-8H,9H2,1H3. The molecule has 0 bridgehead atoms. The minimum absolute atomic E-state index is 0.171. The fourth-order valence-corrected chi connectivity index (χ4v) is 2.73. The van der Waals surface area contributed by atoms with Crippen molar-refractivity contribution >= 4 is 32.6 Å². The van der Waals surface area contributed by atoms with E-state index in [-0.39, 0.29) is 17.9 Å². The SMILES string of the molecule is COc1ccc(C(=O)Cn2nnc3ccccc3c2=O)cc1Br. The molecular weight excluding hydrogens is 362 g/mol. The van der Waals surface area contributed by atoms with Crippen molar-refractivity contribution in [2.75, 3.05) is 7.11 Å². The molecule has 116 valence electrons. The van der Waals surface area contributed by atoms with Crippen LogP contribution in [0, 0.1) is 0 Å². The minimum atomic E-state index is -0.337. The molecule has 7 heteroatoms. The highest BCUT2D eigenvalue weighted by molar-refractivity contribution is 9.10. The number of halogens is 1. The summed E-state index contributed by atoms with van der Waals surface area (Å²) in [6.45, 7) is -0.171. The van der Waals surface area contributed by atoms with Crippen LogP contribution in [0.15, 0.2) is 51.7 Å². The van der Waals surface area contributed by atoms with Crippen molar-refractivity contribution in [2.45, 2.75) is 6.54 Å². The Morgan fingerprint density at radius 1 is 1.26 bits per heavy atom. The summed E-state index contributed by atoms with van der Waals surface area (Å²) in [6, 6.07) is 11.9. The Morgan fingerprint density at radius 3 is 2.78 bits per heavy atom. The lowest BCUT2D eigenvalue weighted by Crippen LogP contribution is -2.27. The molecule has 1 aromatic heterocycles. The fourth-order valence-electron chi connectivity index (χ4n) is 2.19. The monoisotopic (exact) mass is 373 g/mol. The molecule has 2 aromatic carbocycles. The quantitative estimate of drug-likeness (QED) is 0.656. The van der Waals surface area contributed by atoms with Crippen LogP contribution in [0.2, 0.25) is 0 Å². The normalized spacial score (nSPS) is 10.7. The van der Waals surface area contributed by atoms with Gasteiger partial charge >= 0.3 is 0 Å². The molecule has 0 fully saturated rings. The van der Waals surface area contributed by atoms with Crippen LogP contribution in [0.3, 0.4) is 0 Å². The molecule has 23 heavy (non-hydrogen) atoms. The summed E-state index contributed by atoms with van der Waals surface area (Å²) < 4.78 is 6.87. The molecule has 0 aliphatic carbocycles. The summed E-state index contributed by atoms with van der Waals surface area (Å²) in [5.74, 6) is 0.393. The molecule has 0 unspecified atom stereocenters. The highest BCUT2D eigenvalue weighted by Crippen LogP contribution is 2.25. The number of aromatic nitrogens is 3. The Bertz CT molecular complexity index is 953. The first-order valence-electron chi connectivity index (χ1n) is 6.79. The van der Waals surface area contributed by atoms with Crippen LogP contribution in [0.1, 0.15) is 10.4 Å². The lowest BCUT2D eigenvalue weighted by Gasteiger charge is -2.07. The number of Topliss-reactive ketones (excluding diaryl/α,β-unsaturated/α-hetero) is 1. The second kappa shape index (κ2) is 6.29. The number of hydrogen-bond donors (Lipinski definition) is 0. The third kappa shape index (κ3) is 3.00. The van der Waals surface area contributed by atoms with E-state index in [4.69, 9.17) is 4.74 Å². The van der Waals surface area contributed by atoms with Crippen molar-refractivity contribution in [3.8, 4) is 5.75 Å². The molecule has 0 saturated carbocycles. The van der Waals surface area contributed by atoms with Crippen LogP contribution in [0.25, 0.3) is 10.9 Å². The average molecular weight is 374 g/mol. The number of fused-ring (bicyclic) bond motifs is 1. The van der Waals surface area contributed by atoms with Crippen LogP contribution in [-0.2, 0) is 6.54 Å². The van der Waals surface area contributed by atoms with Gasteiger partial charge in [0.15, 0.2) is 5.78 Å². The summed E-state index contributed by atoms with van der Waals surface area (Å²) in [4.78, 5) is 24.7. The predicted molar refractivity (Wildman–Crippen MR) is 88.8 cm³/mol. The molecule has 0 aliphatic rings. The molecule has 0 N–H and O–H groups in total. The van der Waals surface area contributed by atoms with Crippen molar-refractivity contribution < 1.29 is 9.53 Å². The molecular formula is C16H12BrN3O3. The van der Waals surface area contributed by atoms with E-state index in [1.165, 1.54) is 0 Å². The second-order valence-electron chi connectivity index (χ2n) is 4.84. The smallest absolute Gasteiger partial charge is 0.278 e. The summed E-state index contributed by atoms with van der Waals surface area (Å²) in [5, 5.41) is 8.23. The fraction of sp³-hybridized carbons (Fsp3) is 0.125. The van der Waals surface area contributed by atoms with Gasteiger partial charge in [-0.25, -0.2) is 4.68 Å². The summed E-state index contributed by atoms with van der Waals surface area (Å²) in [7, 11) is 1.55. The van der Waals surface area contributed by atoms with Crippen LogP contribution < -0.4 is 10.3 Å². The summed E-state index contributed by atoms with van der Waals surface area (Å²) >= 11 is 3.33. The number of ether oxygens (including phenoxy) is 1. The Kier molecular flexibility index (Phi) is 4.20. The van der Waals surface area contributed by atoms with E-state index >= 15 is 0 Å². The zero-order valence-corrected chi connectivity index (χ0v) is 13.8. The van der Waals surface area contributed by atoms with Gasteiger partial charge in [0, 0.05) is 5.56 Å². The first-order valence-corrected chi connectivity index (χ1v) is 7.58. The van der Waals surface area contributed by atoms with Gasteiger partial charge in [0.2, 0.25) is 0 Å². The maximum absolute atomic E-state index is 12.4. The highest BCUT2D eigenvalue weighted by atomic mass is 79.9. The van der Waals surface area contributed by atoms with E-state index in [1.54, 1.807) is 49.6 Å². The van der Waals surface area contributed by atoms with Crippen LogP contribution in [-0.4, -0.2) is 27.9 Å². The average Bonchev–Trinajstić information content (AvgIpc) is 2.57. The van der Waals surface area contributed by atoms with Gasteiger partial charge in [-0.2, -0.15) is 0 Å². The van der Waals surface area contributed by atoms with Crippen molar-refractivity contribution in [2.24, 2.45) is 0 Å². The van der Waals surface area contributed by atoms with Crippen molar-refractivity contribution in [3.63, 3.8) is 0 Å². The highest BCUT2D eigenvalue weighted by Gasteiger charge is 2.13. The van der Waals surface area contributed by atoms with Gasteiger partial charge < -0.3 is 4.74 Å². The number of hydrogen-bond acceptors (Lipinski definition) is 5. The maximum atomic E-state index is 12.4. The number of ketones is 1. The van der Waals surface area contributed by atoms with E-state index in [2.05, 4.69) is 26.2 Å². The van der Waals surface area contributed by atoms with Gasteiger partial charge in [0.05, 0.1) is 17.0 Å². The Labute approximate surface area is 139 Å². The number of carbonyl (C=O) groups is 1. The lowest BCUT2D eigenvalue weighted by atomic mass is 10.1. The zero-order valence-electron chi connectivity index (χ0n) is 12.2. The van der Waals surface area contributed by atoms with Gasteiger partial charge in [-0.1, -0.05) is 17.3 Å². The van der Waals surface area contributed by atoms with Crippen LogP contribution in [0.4, 0.5) is 0 Å². The number of benzene rings is 2. The largest absolute Gasteiger partial charge is 0.496 e. The van der Waals surface area contributed by atoms with Gasteiger partial charge in [-0.15, -0.1) is 5.10 Å². The molecule has 3 aromatic rings. The second-order valence-corrected chi connectivity index (χ2v) is 5.70. The molecule has 0 atom stereocenters.